The average Bonchev–Trinajstić information content (AvgIpc) is 3.21. The first-order valence-corrected chi connectivity index (χ1v) is 8.30. The van der Waals surface area contributed by atoms with Gasteiger partial charge in [0.2, 0.25) is 0 Å². The Labute approximate surface area is 145 Å². The van der Waals surface area contributed by atoms with E-state index in [1.54, 1.807) is 17.9 Å². The molecule has 0 unspecified atom stereocenters. The smallest absolute Gasteiger partial charge is 0.348 e. The van der Waals surface area contributed by atoms with Crippen LogP contribution in [0.3, 0.4) is 0 Å². The van der Waals surface area contributed by atoms with Crippen molar-refractivity contribution in [2.75, 3.05) is 0 Å². The van der Waals surface area contributed by atoms with E-state index in [9.17, 15) is 9.90 Å². The molecule has 24 heavy (non-hydrogen) atoms. The first-order valence-electron chi connectivity index (χ1n) is 7.04. The first kappa shape index (κ1) is 14.9. The Balaban J connectivity index is 1.98. The molecule has 2 aromatic carbocycles. The molecule has 0 aliphatic heterocycles. The zero-order valence-electron chi connectivity index (χ0n) is 12.2. The lowest BCUT2D eigenvalue weighted by Crippen LogP contribution is -2.00. The molecule has 7 heteroatoms. The molecule has 5 nitrogen and oxygen atoms in total. The fourth-order valence-electron chi connectivity index (χ4n) is 2.65. The molecule has 118 valence electrons. The lowest BCUT2D eigenvalue weighted by molar-refractivity contribution is 0.0702. The molecule has 0 spiro atoms. The number of rotatable bonds is 3. The predicted molar refractivity (Wildman–Crippen MR) is 94.1 cm³/mol. The summed E-state index contributed by atoms with van der Waals surface area (Å²) >= 11 is 7.22. The van der Waals surface area contributed by atoms with Crippen LogP contribution in [-0.4, -0.2) is 25.6 Å². The molecule has 2 aromatic heterocycles. The van der Waals surface area contributed by atoms with E-state index < -0.39 is 5.97 Å². The van der Waals surface area contributed by atoms with Crippen LogP contribution in [0.5, 0.6) is 0 Å². The van der Waals surface area contributed by atoms with Crippen LogP contribution in [0.1, 0.15) is 9.67 Å². The molecule has 0 bridgehead atoms. The van der Waals surface area contributed by atoms with Crippen molar-refractivity contribution in [1.29, 1.82) is 0 Å². The third-order valence-corrected chi connectivity index (χ3v) is 4.74. The van der Waals surface area contributed by atoms with Crippen LogP contribution in [-0.2, 0) is 0 Å². The largest absolute Gasteiger partial charge is 0.477 e. The molecule has 1 N–H and O–H groups in total. The first-order chi connectivity index (χ1) is 11.6. The molecule has 0 aliphatic carbocycles. The van der Waals surface area contributed by atoms with E-state index in [1.807, 2.05) is 41.0 Å². The van der Waals surface area contributed by atoms with E-state index in [4.69, 9.17) is 11.6 Å². The van der Waals surface area contributed by atoms with E-state index >= 15 is 0 Å². The van der Waals surface area contributed by atoms with Crippen LogP contribution in [0.4, 0.5) is 0 Å². The number of carbonyl (C=O) groups is 1. The average molecular weight is 356 g/mol. The van der Waals surface area contributed by atoms with Crippen LogP contribution in [0.25, 0.3) is 28.0 Å². The number of benzene rings is 2. The minimum atomic E-state index is -0.985. The molecule has 0 saturated heterocycles. The fraction of sp³-hybridized carbons (Fsp3) is 0. The van der Waals surface area contributed by atoms with E-state index in [-0.39, 0.29) is 4.88 Å². The third-order valence-electron chi connectivity index (χ3n) is 3.69. The fourth-order valence-corrected chi connectivity index (χ4v) is 3.45. The minimum Gasteiger partial charge on any atom is -0.477 e. The summed E-state index contributed by atoms with van der Waals surface area (Å²) in [6, 6.07) is 13.0. The summed E-state index contributed by atoms with van der Waals surface area (Å²) in [6.07, 6.45) is 1.70. The van der Waals surface area contributed by atoms with Crippen molar-refractivity contribution in [3.05, 3.63) is 64.2 Å². The normalized spacial score (nSPS) is 11.0. The van der Waals surface area contributed by atoms with Crippen molar-refractivity contribution >= 4 is 39.9 Å². The zero-order chi connectivity index (χ0) is 16.7. The van der Waals surface area contributed by atoms with Crippen molar-refractivity contribution in [3.8, 4) is 16.9 Å². The molecule has 0 atom stereocenters. The van der Waals surface area contributed by atoms with Gasteiger partial charge in [-0.25, -0.2) is 14.8 Å². The lowest BCUT2D eigenvalue weighted by atomic mass is 10.1. The second-order valence-electron chi connectivity index (χ2n) is 5.10. The van der Waals surface area contributed by atoms with Gasteiger partial charge in [0.05, 0.1) is 27.9 Å². The van der Waals surface area contributed by atoms with Gasteiger partial charge in [0.1, 0.15) is 11.2 Å². The molecule has 0 saturated carbocycles. The number of fused-ring (bicyclic) bond motifs is 1. The van der Waals surface area contributed by atoms with Crippen LogP contribution in [0.15, 0.2) is 54.3 Å². The maximum Gasteiger partial charge on any atom is 0.348 e. The standard InChI is InChI=1S/C17H10ClN3O2S/c18-10-5-6-12-14(7-10)21(8-19-12)13-4-2-1-3-11(13)15-16(17(22)23)24-9-20-15/h1-9H,(H,22,23). The Morgan fingerprint density at radius 2 is 2.00 bits per heavy atom. The Morgan fingerprint density at radius 3 is 2.83 bits per heavy atom. The molecular formula is C17H10ClN3O2S. The van der Waals surface area contributed by atoms with Gasteiger partial charge in [-0.1, -0.05) is 29.8 Å². The number of hydrogen-bond donors (Lipinski definition) is 1. The van der Waals surface area contributed by atoms with Crippen LogP contribution >= 0.6 is 22.9 Å². The Bertz CT molecular complexity index is 1070. The number of nitrogens with zero attached hydrogens (tertiary/aromatic N) is 3. The summed E-state index contributed by atoms with van der Waals surface area (Å²) in [7, 11) is 0. The molecule has 0 amide bonds. The van der Waals surface area contributed by atoms with Crippen molar-refractivity contribution in [2.45, 2.75) is 0 Å². The topological polar surface area (TPSA) is 68.0 Å². The number of para-hydroxylation sites is 1. The molecule has 4 rings (SSSR count). The summed E-state index contributed by atoms with van der Waals surface area (Å²) in [5, 5.41) is 9.99. The summed E-state index contributed by atoms with van der Waals surface area (Å²) < 4.78 is 1.89. The van der Waals surface area contributed by atoms with Crippen molar-refractivity contribution in [3.63, 3.8) is 0 Å². The Hall–Kier alpha value is -2.70. The van der Waals surface area contributed by atoms with Crippen LogP contribution < -0.4 is 0 Å². The van der Waals surface area contributed by atoms with Gasteiger partial charge in [0, 0.05) is 10.6 Å². The van der Waals surface area contributed by atoms with Gasteiger partial charge < -0.3 is 5.11 Å². The van der Waals surface area contributed by atoms with Gasteiger partial charge in [-0.15, -0.1) is 11.3 Å². The van der Waals surface area contributed by atoms with Crippen molar-refractivity contribution in [1.82, 2.24) is 14.5 Å². The van der Waals surface area contributed by atoms with E-state index in [0.29, 0.717) is 10.7 Å². The van der Waals surface area contributed by atoms with Crippen LogP contribution in [0, 0.1) is 0 Å². The summed E-state index contributed by atoms with van der Waals surface area (Å²) in [6.45, 7) is 0. The Kier molecular flexibility index (Phi) is 3.55. The highest BCUT2D eigenvalue weighted by Gasteiger charge is 2.19. The number of imidazole rings is 1. The van der Waals surface area contributed by atoms with Crippen molar-refractivity contribution < 1.29 is 9.90 Å². The SMILES string of the molecule is O=C(O)c1scnc1-c1ccccc1-n1cnc2ccc(Cl)cc21. The lowest BCUT2D eigenvalue weighted by Gasteiger charge is -2.10. The number of thiazole rings is 1. The predicted octanol–water partition coefficient (Wildman–Crippen LogP) is 4.50. The van der Waals surface area contributed by atoms with Crippen molar-refractivity contribution in [2.24, 2.45) is 0 Å². The number of carboxylic acids is 1. The van der Waals surface area contributed by atoms with Gasteiger partial charge in [0.25, 0.3) is 0 Å². The monoisotopic (exact) mass is 355 g/mol. The third kappa shape index (κ3) is 2.36. The van der Waals surface area contributed by atoms with Gasteiger partial charge in [-0.2, -0.15) is 0 Å². The second kappa shape index (κ2) is 5.74. The summed E-state index contributed by atoms with van der Waals surface area (Å²) in [5.74, 6) is -0.985. The van der Waals surface area contributed by atoms with Gasteiger partial charge in [0.15, 0.2) is 0 Å². The molecule has 0 fully saturated rings. The van der Waals surface area contributed by atoms with Gasteiger partial charge >= 0.3 is 5.97 Å². The molecule has 4 aromatic rings. The van der Waals surface area contributed by atoms with Gasteiger partial charge in [-0.3, -0.25) is 4.57 Å². The maximum atomic E-state index is 11.4. The number of aromatic nitrogens is 3. The number of aromatic carboxylic acids is 1. The number of halogens is 1. The van der Waals surface area contributed by atoms with E-state index in [1.165, 1.54) is 0 Å². The minimum absolute atomic E-state index is 0.213. The van der Waals surface area contributed by atoms with Crippen LogP contribution in [0.2, 0.25) is 5.02 Å². The zero-order valence-corrected chi connectivity index (χ0v) is 13.8. The van der Waals surface area contributed by atoms with E-state index in [2.05, 4.69) is 9.97 Å². The molecule has 0 aliphatic rings. The highest BCUT2D eigenvalue weighted by Crippen LogP contribution is 2.32. The quantitative estimate of drug-likeness (QED) is 0.587. The highest BCUT2D eigenvalue weighted by molar-refractivity contribution is 7.12. The number of hydrogen-bond acceptors (Lipinski definition) is 4. The highest BCUT2D eigenvalue weighted by atomic mass is 35.5. The molecule has 2 heterocycles. The Morgan fingerprint density at radius 1 is 1.17 bits per heavy atom. The number of carboxylic acid groups (broad SMARTS) is 1. The second-order valence-corrected chi connectivity index (χ2v) is 6.39. The summed E-state index contributed by atoms with van der Waals surface area (Å²) in [5.41, 5.74) is 5.18. The molecular weight excluding hydrogens is 346 g/mol. The summed E-state index contributed by atoms with van der Waals surface area (Å²) in [4.78, 5) is 20.3. The maximum absolute atomic E-state index is 11.4. The van der Waals surface area contributed by atoms with E-state index in [0.717, 1.165) is 33.6 Å². The van der Waals surface area contributed by atoms with Gasteiger partial charge in [-0.05, 0) is 24.3 Å². The molecule has 0 radical (unpaired) electrons.